The van der Waals surface area contributed by atoms with Gasteiger partial charge < -0.3 is 5.11 Å². The Balaban J connectivity index is 2.81. The van der Waals surface area contributed by atoms with Crippen LogP contribution in [-0.2, 0) is 0 Å². The number of carbonyl (C=O) groups excluding carboxylic acids is 1. The average Bonchev–Trinajstić information content (AvgIpc) is 2.05. The van der Waals surface area contributed by atoms with Crippen LogP contribution in [0.25, 0.3) is 0 Å². The lowest BCUT2D eigenvalue weighted by Crippen LogP contribution is -2.00. The monoisotopic (exact) mass is 184 g/mol. The number of benzene rings is 1. The number of rotatable bonds is 3. The molecular formula is C9H9ClO2. The first-order valence-corrected chi connectivity index (χ1v) is 4.01. The molecule has 0 aliphatic heterocycles. The van der Waals surface area contributed by atoms with Crippen LogP contribution in [0.2, 0.25) is 5.02 Å². The fourth-order valence-corrected chi connectivity index (χ4v) is 1.10. The van der Waals surface area contributed by atoms with Crippen LogP contribution in [0, 0.1) is 0 Å². The van der Waals surface area contributed by atoms with Crippen LogP contribution in [0.15, 0.2) is 24.3 Å². The van der Waals surface area contributed by atoms with Crippen LogP contribution in [0.5, 0.6) is 0 Å². The van der Waals surface area contributed by atoms with E-state index >= 15 is 0 Å². The van der Waals surface area contributed by atoms with Crippen LogP contribution in [0.4, 0.5) is 0 Å². The zero-order valence-electron chi connectivity index (χ0n) is 6.46. The number of halogens is 1. The number of carbonyl (C=O) groups is 1. The van der Waals surface area contributed by atoms with Crippen molar-refractivity contribution >= 4 is 17.4 Å². The van der Waals surface area contributed by atoms with Gasteiger partial charge in [0.05, 0.1) is 6.61 Å². The predicted octanol–water partition coefficient (Wildman–Crippen LogP) is 1.91. The third kappa shape index (κ3) is 2.32. The molecule has 0 aliphatic rings. The van der Waals surface area contributed by atoms with E-state index in [1.807, 2.05) is 0 Å². The maximum Gasteiger partial charge on any atom is 0.165 e. The third-order valence-electron chi connectivity index (χ3n) is 1.49. The molecule has 0 amide bonds. The molecule has 12 heavy (non-hydrogen) atoms. The van der Waals surface area contributed by atoms with Crippen LogP contribution in [-0.4, -0.2) is 17.5 Å². The lowest BCUT2D eigenvalue weighted by Gasteiger charge is -1.98. The Hall–Kier alpha value is -0.860. The predicted molar refractivity (Wildman–Crippen MR) is 47.5 cm³/mol. The maximum atomic E-state index is 11.2. The first-order chi connectivity index (χ1) is 5.74. The van der Waals surface area contributed by atoms with Crippen molar-refractivity contribution in [2.45, 2.75) is 6.42 Å². The van der Waals surface area contributed by atoms with Gasteiger partial charge in [0.25, 0.3) is 0 Å². The molecule has 0 radical (unpaired) electrons. The SMILES string of the molecule is O=C(CCO)c1cccc(Cl)c1. The first-order valence-electron chi connectivity index (χ1n) is 3.63. The fraction of sp³-hybridized carbons (Fsp3) is 0.222. The van der Waals surface area contributed by atoms with Gasteiger partial charge >= 0.3 is 0 Å². The van der Waals surface area contributed by atoms with Crippen molar-refractivity contribution in [2.75, 3.05) is 6.61 Å². The van der Waals surface area contributed by atoms with E-state index in [1.54, 1.807) is 24.3 Å². The summed E-state index contributed by atoms with van der Waals surface area (Å²) in [5, 5.41) is 9.05. The normalized spacial score (nSPS) is 9.83. The van der Waals surface area contributed by atoms with E-state index in [2.05, 4.69) is 0 Å². The second-order valence-electron chi connectivity index (χ2n) is 2.41. The van der Waals surface area contributed by atoms with Crippen LogP contribution in [0.1, 0.15) is 16.8 Å². The van der Waals surface area contributed by atoms with E-state index in [1.165, 1.54) is 0 Å². The second kappa shape index (κ2) is 4.24. The molecule has 0 fully saturated rings. The third-order valence-corrected chi connectivity index (χ3v) is 1.72. The first kappa shape index (κ1) is 9.23. The summed E-state index contributed by atoms with van der Waals surface area (Å²) < 4.78 is 0. The lowest BCUT2D eigenvalue weighted by atomic mass is 10.1. The second-order valence-corrected chi connectivity index (χ2v) is 2.84. The summed E-state index contributed by atoms with van der Waals surface area (Å²) in [4.78, 5) is 11.2. The molecule has 0 bridgehead atoms. The summed E-state index contributed by atoms with van der Waals surface area (Å²) in [5.74, 6) is -0.0833. The largest absolute Gasteiger partial charge is 0.396 e. The van der Waals surface area contributed by atoms with Crippen LogP contribution in [0.3, 0.4) is 0 Å². The van der Waals surface area contributed by atoms with Crippen molar-refractivity contribution < 1.29 is 9.90 Å². The summed E-state index contributed by atoms with van der Waals surface area (Å²) in [5.41, 5.74) is 0.552. The zero-order valence-corrected chi connectivity index (χ0v) is 7.21. The molecule has 0 unspecified atom stereocenters. The highest BCUT2D eigenvalue weighted by molar-refractivity contribution is 6.31. The molecule has 1 aromatic rings. The molecule has 0 aromatic heterocycles. The summed E-state index contributed by atoms with van der Waals surface area (Å²) in [6, 6.07) is 6.70. The highest BCUT2D eigenvalue weighted by atomic mass is 35.5. The minimum Gasteiger partial charge on any atom is -0.396 e. The molecule has 0 atom stereocenters. The molecule has 0 aliphatic carbocycles. The quantitative estimate of drug-likeness (QED) is 0.729. The molecule has 0 saturated carbocycles. The summed E-state index contributed by atoms with van der Waals surface area (Å²) in [6.07, 6.45) is 0.153. The van der Waals surface area contributed by atoms with Gasteiger partial charge in [-0.2, -0.15) is 0 Å². The van der Waals surface area contributed by atoms with Crippen molar-refractivity contribution in [3.8, 4) is 0 Å². The van der Waals surface area contributed by atoms with Gasteiger partial charge in [-0.05, 0) is 12.1 Å². The standard InChI is InChI=1S/C9H9ClO2/c10-8-3-1-2-7(6-8)9(12)4-5-11/h1-3,6,11H,4-5H2. The summed E-state index contributed by atoms with van der Waals surface area (Å²) >= 11 is 5.67. The number of aliphatic hydroxyl groups excluding tert-OH is 1. The Morgan fingerprint density at radius 1 is 1.50 bits per heavy atom. The molecule has 64 valence electrons. The summed E-state index contributed by atoms with van der Waals surface area (Å²) in [7, 11) is 0. The molecule has 1 rings (SSSR count). The van der Waals surface area contributed by atoms with Gasteiger partial charge in [-0.3, -0.25) is 4.79 Å². The van der Waals surface area contributed by atoms with E-state index in [-0.39, 0.29) is 18.8 Å². The number of hydrogen-bond acceptors (Lipinski definition) is 2. The molecule has 2 nitrogen and oxygen atoms in total. The van der Waals surface area contributed by atoms with E-state index < -0.39 is 0 Å². The number of aliphatic hydroxyl groups is 1. The minimum atomic E-state index is -0.120. The number of Topliss-reactive ketones (excluding diaryl/α,β-unsaturated/α-hetero) is 1. The topological polar surface area (TPSA) is 37.3 Å². The molecule has 0 saturated heterocycles. The molecule has 0 heterocycles. The maximum absolute atomic E-state index is 11.2. The number of ketones is 1. The van der Waals surface area contributed by atoms with Gasteiger partial charge in [0.2, 0.25) is 0 Å². The Morgan fingerprint density at radius 3 is 2.83 bits per heavy atom. The molecular weight excluding hydrogens is 176 g/mol. The number of hydrogen-bond donors (Lipinski definition) is 1. The van der Waals surface area contributed by atoms with E-state index in [4.69, 9.17) is 16.7 Å². The van der Waals surface area contributed by atoms with Crippen molar-refractivity contribution in [3.63, 3.8) is 0 Å². The molecule has 0 spiro atoms. The van der Waals surface area contributed by atoms with Crippen molar-refractivity contribution in [1.82, 2.24) is 0 Å². The highest BCUT2D eigenvalue weighted by Crippen LogP contribution is 2.11. The smallest absolute Gasteiger partial charge is 0.165 e. The van der Waals surface area contributed by atoms with Crippen LogP contribution >= 0.6 is 11.6 Å². The minimum absolute atomic E-state index is 0.0833. The average molecular weight is 185 g/mol. The Bertz CT molecular complexity index is 284. The van der Waals surface area contributed by atoms with E-state index in [9.17, 15) is 4.79 Å². The van der Waals surface area contributed by atoms with Gasteiger partial charge in [0.15, 0.2) is 5.78 Å². The molecule has 1 aromatic carbocycles. The Morgan fingerprint density at radius 2 is 2.25 bits per heavy atom. The Labute approximate surface area is 75.8 Å². The van der Waals surface area contributed by atoms with Crippen molar-refractivity contribution in [1.29, 1.82) is 0 Å². The van der Waals surface area contributed by atoms with Gasteiger partial charge in [-0.1, -0.05) is 23.7 Å². The van der Waals surface area contributed by atoms with Crippen LogP contribution < -0.4 is 0 Å². The molecule has 3 heteroatoms. The fourth-order valence-electron chi connectivity index (χ4n) is 0.908. The lowest BCUT2D eigenvalue weighted by molar-refractivity contribution is 0.0956. The van der Waals surface area contributed by atoms with Gasteiger partial charge in [-0.15, -0.1) is 0 Å². The van der Waals surface area contributed by atoms with Gasteiger partial charge in [0, 0.05) is 17.0 Å². The Kier molecular flexibility index (Phi) is 3.26. The molecule has 1 N–H and O–H groups in total. The van der Waals surface area contributed by atoms with E-state index in [0.717, 1.165) is 0 Å². The van der Waals surface area contributed by atoms with E-state index in [0.29, 0.717) is 10.6 Å². The van der Waals surface area contributed by atoms with Gasteiger partial charge in [-0.25, -0.2) is 0 Å². The zero-order chi connectivity index (χ0) is 8.97. The summed E-state index contributed by atoms with van der Waals surface area (Å²) in [6.45, 7) is -0.120. The van der Waals surface area contributed by atoms with Crippen molar-refractivity contribution in [2.24, 2.45) is 0 Å². The van der Waals surface area contributed by atoms with Gasteiger partial charge in [0.1, 0.15) is 0 Å². The highest BCUT2D eigenvalue weighted by Gasteiger charge is 2.03. The van der Waals surface area contributed by atoms with Crippen molar-refractivity contribution in [3.05, 3.63) is 34.9 Å².